The van der Waals surface area contributed by atoms with Crippen LogP contribution in [0.15, 0.2) is 0 Å². The van der Waals surface area contributed by atoms with Gasteiger partial charge in [-0.3, -0.25) is 0 Å². The molecule has 0 saturated carbocycles. The zero-order valence-electron chi connectivity index (χ0n) is 2.32. The molecule has 5 heavy (non-hydrogen) atoms. The second-order valence-corrected chi connectivity index (χ2v) is 0. The first-order valence-electron chi connectivity index (χ1n) is 0.204. The average Bonchev–Trinajstić information content (AvgIpc) is 1.00. The van der Waals surface area contributed by atoms with Crippen molar-refractivity contribution in [1.29, 1.82) is 0 Å². The Balaban J connectivity index is -0.00000000167. The summed E-state index contributed by atoms with van der Waals surface area (Å²) < 4.78 is 8.39. The predicted molar refractivity (Wildman–Crippen MR) is 17.8 cm³/mol. The first-order chi connectivity index (χ1) is 1.00. The molecule has 0 aromatic rings. The van der Waals surface area contributed by atoms with Gasteiger partial charge in [-0.05, 0) is 0 Å². The molecule has 0 aliphatic heterocycles. The molecule has 0 unspecified atom stereocenters. The van der Waals surface area contributed by atoms with Crippen LogP contribution in [0, 0.1) is 0 Å². The van der Waals surface area contributed by atoms with Gasteiger partial charge >= 0.3 is 46.1 Å². The van der Waals surface area contributed by atoms with E-state index >= 15 is 0 Å². The zero-order chi connectivity index (χ0) is 2.00. The molecule has 0 fully saturated rings. The molecule has 22 valence electrons. The maximum atomic E-state index is 8.39. The topological polar surface area (TPSA) is 17.1 Å². The number of hydrogen-bond donors (Lipinski definition) is 0. The smallest absolute Gasteiger partial charge is 0 e. The Bertz CT molecular complexity index is 11.6. The second-order valence-electron chi connectivity index (χ2n) is 0. The van der Waals surface area contributed by atoms with Gasteiger partial charge in [0.15, 0.2) is 0 Å². The fraction of sp³-hybridized carbons (Fsp3) is 0. The molecule has 0 saturated heterocycles. The van der Waals surface area contributed by atoms with Crippen molar-refractivity contribution in [3.05, 3.63) is 0 Å². The first kappa shape index (κ1) is 25.0. The van der Waals surface area contributed by atoms with Gasteiger partial charge in [-0.2, -0.15) is 0 Å². The molecule has 0 amide bonds. The van der Waals surface area contributed by atoms with Gasteiger partial charge in [-0.1, -0.05) is 0 Å². The Morgan fingerprint density at radius 2 is 1.20 bits per heavy atom. The van der Waals surface area contributed by atoms with E-state index in [1.54, 1.807) is 0 Å². The van der Waals surface area contributed by atoms with E-state index in [0.29, 0.717) is 0 Å². The van der Waals surface area contributed by atoms with Crippen molar-refractivity contribution in [3.63, 3.8) is 0 Å². The van der Waals surface area contributed by atoms with Gasteiger partial charge < -0.3 is 0 Å². The fourth-order valence-electron chi connectivity index (χ4n) is 0. The standard InChI is InChI=1S/Cd.GeH4.O.Pb.Zn/h;1H4;;;. The van der Waals surface area contributed by atoms with E-state index in [2.05, 4.69) is 0 Å². The Labute approximate surface area is 91.1 Å². The van der Waals surface area contributed by atoms with Crippen LogP contribution in [0.25, 0.3) is 0 Å². The molecule has 0 aliphatic rings. The SMILES string of the molecule is [Cd].[GeH4].[O]=[Pb].[Zn]. The Morgan fingerprint density at radius 3 is 1.20 bits per heavy atom. The van der Waals surface area contributed by atoms with Crippen LogP contribution in [0.1, 0.15) is 0 Å². The van der Waals surface area contributed by atoms with Crippen LogP contribution in [-0.2, 0) is 49.5 Å². The monoisotopic (exact) mass is 480 g/mol. The van der Waals surface area contributed by atoms with E-state index in [1.165, 1.54) is 0 Å². The molecule has 0 atom stereocenters. The van der Waals surface area contributed by atoms with Crippen molar-refractivity contribution >= 4 is 43.4 Å². The van der Waals surface area contributed by atoms with Gasteiger partial charge in [0.1, 0.15) is 0 Å². The van der Waals surface area contributed by atoms with Crippen LogP contribution in [-0.4, -0.2) is 43.4 Å². The van der Waals surface area contributed by atoms with Crippen molar-refractivity contribution in [2.24, 2.45) is 0 Å². The van der Waals surface area contributed by atoms with E-state index in [4.69, 9.17) is 2.69 Å². The first-order valence-corrected chi connectivity index (χ1v) is 1.79. The Kier molecular flexibility index (Phi) is 145. The van der Waals surface area contributed by atoms with Gasteiger partial charge in [0.05, 0.1) is 0 Å². The molecule has 0 rings (SSSR count). The molecule has 0 bridgehead atoms. The van der Waals surface area contributed by atoms with Gasteiger partial charge in [0, 0.05) is 46.8 Å². The van der Waals surface area contributed by atoms with Crippen molar-refractivity contribution in [2.75, 3.05) is 0 Å². The quantitative estimate of drug-likeness (QED) is 0.371. The van der Waals surface area contributed by atoms with E-state index in [9.17, 15) is 0 Å². The van der Waals surface area contributed by atoms with Gasteiger partial charge in [-0.15, -0.1) is 0 Å². The zero-order valence-corrected chi connectivity index (χ0v) is 13.2. The predicted octanol–water partition coefficient (Wildman–Crippen LogP) is -1.96. The average molecular weight is 478 g/mol. The van der Waals surface area contributed by atoms with Crippen molar-refractivity contribution in [2.45, 2.75) is 0 Å². The molecule has 1 nitrogen and oxygen atoms in total. The van der Waals surface area contributed by atoms with Crippen LogP contribution in [0.4, 0.5) is 0 Å². The van der Waals surface area contributed by atoms with Crippen LogP contribution in [0.3, 0.4) is 0 Å². The second kappa shape index (κ2) is 29.1. The maximum absolute atomic E-state index is 8.39. The van der Waals surface area contributed by atoms with Gasteiger partial charge in [-0.25, -0.2) is 0 Å². The van der Waals surface area contributed by atoms with Crippen LogP contribution in [0.2, 0.25) is 0 Å². The van der Waals surface area contributed by atoms with Crippen LogP contribution < -0.4 is 0 Å². The maximum Gasteiger partial charge on any atom is 0 e. The minimum absolute atomic E-state index is 0. The molecule has 5 heteroatoms. The molecule has 0 spiro atoms. The molecule has 0 aromatic carbocycles. The minimum atomic E-state index is 0. The third-order valence-corrected chi connectivity index (χ3v) is 0. The van der Waals surface area contributed by atoms with Crippen molar-refractivity contribution < 1.29 is 49.5 Å². The summed E-state index contributed by atoms with van der Waals surface area (Å²) in [6, 6.07) is 0. The summed E-state index contributed by atoms with van der Waals surface area (Å²) in [5.74, 6) is 0. The largest absolute Gasteiger partial charge is 0 e. The van der Waals surface area contributed by atoms with Crippen molar-refractivity contribution in [1.82, 2.24) is 0 Å². The third kappa shape index (κ3) is 20.0. The number of rotatable bonds is 0. The van der Waals surface area contributed by atoms with E-state index in [-0.39, 0.29) is 90.2 Å². The minimum Gasteiger partial charge on any atom is 0 e. The summed E-state index contributed by atoms with van der Waals surface area (Å²) in [7, 11) is 0. The fourth-order valence-corrected chi connectivity index (χ4v) is 0. The Morgan fingerprint density at radius 1 is 1.20 bits per heavy atom. The normalized spacial score (nSPS) is 0.800. The van der Waals surface area contributed by atoms with E-state index in [0.717, 1.165) is 0 Å². The van der Waals surface area contributed by atoms with E-state index < -0.39 is 0 Å². The molecular weight excluding hydrogens is 474 g/mol. The van der Waals surface area contributed by atoms with Gasteiger partial charge in [0.2, 0.25) is 0 Å². The molecule has 0 N–H and O–H groups in total. The molecule has 0 aromatic heterocycles. The van der Waals surface area contributed by atoms with Crippen LogP contribution >= 0.6 is 0 Å². The molecule has 0 heterocycles. The molecular formula is H4CdGeOPbZn. The summed E-state index contributed by atoms with van der Waals surface area (Å²) in [6.07, 6.45) is 0. The van der Waals surface area contributed by atoms with Crippen molar-refractivity contribution in [3.8, 4) is 0 Å². The summed E-state index contributed by atoms with van der Waals surface area (Å²) in [4.78, 5) is 0. The Hall–Kier alpha value is 2.81. The van der Waals surface area contributed by atoms with E-state index in [1.807, 2.05) is 0 Å². The third-order valence-electron chi connectivity index (χ3n) is 0. The number of hydrogen-bond acceptors (Lipinski definition) is 1. The summed E-state index contributed by atoms with van der Waals surface area (Å²) in [5, 5.41) is 0. The van der Waals surface area contributed by atoms with Gasteiger partial charge in [0.25, 0.3) is 0 Å². The molecule has 2 radical (unpaired) electrons. The molecule has 0 aliphatic carbocycles. The summed E-state index contributed by atoms with van der Waals surface area (Å²) in [6.45, 7) is 0. The van der Waals surface area contributed by atoms with Crippen LogP contribution in [0.5, 0.6) is 0 Å². The summed E-state index contributed by atoms with van der Waals surface area (Å²) >= 11 is 0.0556. The summed E-state index contributed by atoms with van der Waals surface area (Å²) in [5.41, 5.74) is 0.